The zero-order valence-corrected chi connectivity index (χ0v) is 14.0. The summed E-state index contributed by atoms with van der Waals surface area (Å²) in [6.45, 7) is 1.67. The predicted molar refractivity (Wildman–Crippen MR) is 83.0 cm³/mol. The van der Waals surface area contributed by atoms with Gasteiger partial charge in [0, 0.05) is 15.0 Å². The van der Waals surface area contributed by atoms with Gasteiger partial charge in [0.2, 0.25) is 0 Å². The first-order valence-electron chi connectivity index (χ1n) is 6.13. The number of aliphatic carboxylic acids is 1. The summed E-state index contributed by atoms with van der Waals surface area (Å²) >= 11 is 6.80. The van der Waals surface area contributed by atoms with Crippen molar-refractivity contribution in [2.75, 3.05) is 11.9 Å². The number of hydrogen-bond acceptors (Lipinski definition) is 2. The number of carboxylic acid groups (broad SMARTS) is 1. The summed E-state index contributed by atoms with van der Waals surface area (Å²) < 4.78 is 1.51. The van der Waals surface area contributed by atoms with Gasteiger partial charge in [-0.2, -0.15) is 0 Å². The zero-order chi connectivity index (χ0) is 14.9. The molecule has 0 heterocycles. The van der Waals surface area contributed by atoms with Crippen molar-refractivity contribution in [3.8, 4) is 0 Å². The molecule has 20 heavy (non-hydrogen) atoms. The van der Waals surface area contributed by atoms with E-state index in [-0.39, 0.29) is 18.6 Å². The number of aryl methyl sites for hydroxylation is 1. The van der Waals surface area contributed by atoms with Crippen LogP contribution in [-0.2, 0) is 4.79 Å². The van der Waals surface area contributed by atoms with Crippen LogP contribution in [0.15, 0.2) is 21.1 Å². The molecule has 5 nitrogen and oxygen atoms in total. The number of benzene rings is 1. The van der Waals surface area contributed by atoms with Crippen molar-refractivity contribution in [1.29, 1.82) is 0 Å². The van der Waals surface area contributed by atoms with Crippen molar-refractivity contribution in [1.82, 2.24) is 4.90 Å². The minimum Gasteiger partial charge on any atom is -0.480 e. The Bertz CT molecular complexity index is 536. The topological polar surface area (TPSA) is 69.6 Å². The first kappa shape index (κ1) is 15.3. The Kier molecular flexibility index (Phi) is 4.70. The largest absolute Gasteiger partial charge is 0.480 e. The number of rotatable bonds is 4. The average Bonchev–Trinajstić information content (AvgIpc) is 3.14. The van der Waals surface area contributed by atoms with Crippen LogP contribution in [0.5, 0.6) is 0 Å². The third-order valence-electron chi connectivity index (χ3n) is 2.97. The van der Waals surface area contributed by atoms with Crippen molar-refractivity contribution < 1.29 is 14.7 Å². The van der Waals surface area contributed by atoms with Crippen molar-refractivity contribution in [3.05, 3.63) is 26.6 Å². The monoisotopic (exact) mass is 404 g/mol. The summed E-state index contributed by atoms with van der Waals surface area (Å²) in [6, 6.07) is 3.42. The van der Waals surface area contributed by atoms with Crippen LogP contribution in [0.3, 0.4) is 0 Å². The standard InChI is InChI=1S/C13H14Br2N2O3/c1-7-4-9(14)12(10(15)5-7)16-13(20)17(6-11(18)19)8-2-3-8/h4-5,8H,2-3,6H2,1H3,(H,16,20)(H,18,19). The molecule has 1 aromatic carbocycles. The van der Waals surface area contributed by atoms with Gasteiger partial charge in [0.1, 0.15) is 6.54 Å². The molecule has 2 amide bonds. The number of carbonyl (C=O) groups is 2. The predicted octanol–water partition coefficient (Wildman–Crippen LogP) is 3.60. The Morgan fingerprint density at radius 3 is 2.35 bits per heavy atom. The van der Waals surface area contributed by atoms with E-state index in [0.717, 1.165) is 27.4 Å². The Morgan fingerprint density at radius 2 is 1.90 bits per heavy atom. The maximum atomic E-state index is 12.2. The lowest BCUT2D eigenvalue weighted by Crippen LogP contribution is -2.40. The van der Waals surface area contributed by atoms with E-state index in [9.17, 15) is 9.59 Å². The van der Waals surface area contributed by atoms with E-state index in [1.165, 1.54) is 4.90 Å². The summed E-state index contributed by atoms with van der Waals surface area (Å²) in [6.07, 6.45) is 1.72. The lowest BCUT2D eigenvalue weighted by molar-refractivity contribution is -0.137. The van der Waals surface area contributed by atoms with Gasteiger partial charge in [-0.05, 0) is 69.3 Å². The fourth-order valence-electron chi connectivity index (χ4n) is 1.90. The van der Waals surface area contributed by atoms with Gasteiger partial charge < -0.3 is 15.3 Å². The van der Waals surface area contributed by atoms with Crippen LogP contribution in [0.1, 0.15) is 18.4 Å². The van der Waals surface area contributed by atoms with Crippen LogP contribution in [0.2, 0.25) is 0 Å². The van der Waals surface area contributed by atoms with Crippen LogP contribution in [0.4, 0.5) is 10.5 Å². The minimum absolute atomic E-state index is 0.0362. The molecule has 1 saturated carbocycles. The summed E-state index contributed by atoms with van der Waals surface area (Å²) in [4.78, 5) is 24.4. The van der Waals surface area contributed by atoms with Gasteiger partial charge >= 0.3 is 12.0 Å². The molecule has 0 unspecified atom stereocenters. The molecule has 7 heteroatoms. The van der Waals surface area contributed by atoms with Gasteiger partial charge in [-0.25, -0.2) is 4.79 Å². The Morgan fingerprint density at radius 1 is 1.35 bits per heavy atom. The molecule has 1 aliphatic carbocycles. The summed E-state index contributed by atoms with van der Waals surface area (Å²) in [5.74, 6) is -1.01. The van der Waals surface area contributed by atoms with E-state index in [4.69, 9.17) is 5.11 Å². The van der Waals surface area contributed by atoms with Gasteiger partial charge in [-0.15, -0.1) is 0 Å². The van der Waals surface area contributed by atoms with E-state index < -0.39 is 5.97 Å². The molecule has 1 aromatic rings. The molecule has 1 fully saturated rings. The smallest absolute Gasteiger partial charge is 0.323 e. The fourth-order valence-corrected chi connectivity index (χ4v) is 3.51. The highest BCUT2D eigenvalue weighted by Crippen LogP contribution is 2.33. The van der Waals surface area contributed by atoms with E-state index in [1.807, 2.05) is 19.1 Å². The van der Waals surface area contributed by atoms with Crippen molar-refractivity contribution >= 4 is 49.5 Å². The third-order valence-corrected chi connectivity index (χ3v) is 4.22. The number of carbonyl (C=O) groups excluding carboxylic acids is 1. The highest BCUT2D eigenvalue weighted by atomic mass is 79.9. The number of amides is 2. The number of carboxylic acids is 1. The first-order valence-corrected chi connectivity index (χ1v) is 7.72. The van der Waals surface area contributed by atoms with Gasteiger partial charge in [-0.3, -0.25) is 4.79 Å². The molecular weight excluding hydrogens is 392 g/mol. The Balaban J connectivity index is 2.16. The van der Waals surface area contributed by atoms with Gasteiger partial charge in [0.25, 0.3) is 0 Å². The lowest BCUT2D eigenvalue weighted by atomic mass is 10.2. The van der Waals surface area contributed by atoms with E-state index in [2.05, 4.69) is 37.2 Å². The second-order valence-corrected chi connectivity index (χ2v) is 6.50. The third kappa shape index (κ3) is 3.73. The van der Waals surface area contributed by atoms with Crippen LogP contribution in [0.25, 0.3) is 0 Å². The van der Waals surface area contributed by atoms with Gasteiger partial charge in [-0.1, -0.05) is 0 Å². The number of anilines is 1. The number of nitrogens with one attached hydrogen (secondary N) is 1. The average molecular weight is 406 g/mol. The second kappa shape index (κ2) is 6.13. The Labute approximate surface area is 133 Å². The number of nitrogens with zero attached hydrogens (tertiary/aromatic N) is 1. The molecule has 0 saturated heterocycles. The van der Waals surface area contributed by atoms with Gasteiger partial charge in [0.15, 0.2) is 0 Å². The van der Waals surface area contributed by atoms with Crippen LogP contribution < -0.4 is 5.32 Å². The first-order chi connectivity index (χ1) is 9.38. The number of halogens is 2. The molecule has 2 N–H and O–H groups in total. The lowest BCUT2D eigenvalue weighted by Gasteiger charge is -2.21. The van der Waals surface area contributed by atoms with Crippen LogP contribution >= 0.6 is 31.9 Å². The molecule has 0 atom stereocenters. The molecule has 2 rings (SSSR count). The summed E-state index contributed by atoms with van der Waals surface area (Å²) in [7, 11) is 0. The normalized spacial score (nSPS) is 13.9. The maximum absolute atomic E-state index is 12.2. The maximum Gasteiger partial charge on any atom is 0.323 e. The molecule has 1 aliphatic rings. The van der Waals surface area contributed by atoms with Crippen molar-refractivity contribution in [3.63, 3.8) is 0 Å². The fraction of sp³-hybridized carbons (Fsp3) is 0.385. The minimum atomic E-state index is -1.01. The Hall–Kier alpha value is -1.08. The highest BCUT2D eigenvalue weighted by Gasteiger charge is 2.34. The number of hydrogen-bond donors (Lipinski definition) is 2. The molecule has 0 bridgehead atoms. The zero-order valence-electron chi connectivity index (χ0n) is 10.8. The molecule has 0 aliphatic heterocycles. The van der Waals surface area contributed by atoms with E-state index in [0.29, 0.717) is 5.69 Å². The molecule has 108 valence electrons. The second-order valence-electron chi connectivity index (χ2n) is 4.79. The molecular formula is C13H14Br2N2O3. The summed E-state index contributed by atoms with van der Waals surface area (Å²) in [5.41, 5.74) is 1.66. The van der Waals surface area contributed by atoms with E-state index in [1.54, 1.807) is 0 Å². The highest BCUT2D eigenvalue weighted by molar-refractivity contribution is 9.11. The number of urea groups is 1. The molecule has 0 aromatic heterocycles. The van der Waals surface area contributed by atoms with Crippen LogP contribution in [-0.4, -0.2) is 34.6 Å². The quantitative estimate of drug-likeness (QED) is 0.803. The van der Waals surface area contributed by atoms with Crippen molar-refractivity contribution in [2.24, 2.45) is 0 Å². The summed E-state index contributed by atoms with van der Waals surface area (Å²) in [5, 5.41) is 11.6. The van der Waals surface area contributed by atoms with Crippen LogP contribution in [0, 0.1) is 6.92 Å². The molecule has 0 radical (unpaired) electrons. The SMILES string of the molecule is Cc1cc(Br)c(NC(=O)N(CC(=O)O)C2CC2)c(Br)c1. The molecule has 0 spiro atoms. The van der Waals surface area contributed by atoms with E-state index >= 15 is 0 Å². The van der Waals surface area contributed by atoms with Crippen molar-refractivity contribution in [2.45, 2.75) is 25.8 Å². The van der Waals surface area contributed by atoms with Gasteiger partial charge in [0.05, 0.1) is 5.69 Å².